The number of ketones is 1. The van der Waals surface area contributed by atoms with Gasteiger partial charge < -0.3 is 4.98 Å². The SMILES string of the molecule is CCCS(=O)(=O)Nc1ccc(F)c(C(=O)c2c[nH]c3ncc(-c4ccc(C=O)nc4)cc23)c1F. The molecule has 0 radical (unpaired) electrons. The molecule has 34 heavy (non-hydrogen) atoms. The number of anilines is 1. The van der Waals surface area contributed by atoms with Crippen molar-refractivity contribution in [3.05, 3.63) is 77.4 Å². The number of fused-ring (bicyclic) bond motifs is 1. The van der Waals surface area contributed by atoms with E-state index >= 15 is 4.39 Å². The first kappa shape index (κ1) is 23.2. The monoisotopic (exact) mass is 484 g/mol. The number of carbonyl (C=O) groups is 2. The summed E-state index contributed by atoms with van der Waals surface area (Å²) in [7, 11) is -3.86. The van der Waals surface area contributed by atoms with Crippen LogP contribution in [0.3, 0.4) is 0 Å². The average Bonchev–Trinajstić information content (AvgIpc) is 3.24. The third-order valence-corrected chi connectivity index (χ3v) is 6.55. The van der Waals surface area contributed by atoms with Crippen molar-refractivity contribution < 1.29 is 26.8 Å². The molecule has 0 saturated carbocycles. The maximum Gasteiger partial charge on any atom is 0.232 e. The molecule has 3 aromatic heterocycles. The molecule has 0 atom stereocenters. The molecular formula is C23H18F2N4O4S. The van der Waals surface area contributed by atoms with Crippen LogP contribution in [0.2, 0.25) is 0 Å². The highest BCUT2D eigenvalue weighted by Crippen LogP contribution is 2.29. The summed E-state index contributed by atoms with van der Waals surface area (Å²) < 4.78 is 55.8. The zero-order valence-corrected chi connectivity index (χ0v) is 18.6. The molecule has 174 valence electrons. The van der Waals surface area contributed by atoms with Gasteiger partial charge in [0.15, 0.2) is 12.1 Å². The van der Waals surface area contributed by atoms with Gasteiger partial charge in [0.25, 0.3) is 0 Å². The minimum Gasteiger partial charge on any atom is -0.345 e. The molecule has 0 bridgehead atoms. The standard InChI is InChI=1S/C23H18F2N4O4S/c1-2-7-34(32,33)29-19-6-5-18(24)20(21(19)25)22(31)17-11-28-23-16(17)8-14(10-27-23)13-3-4-15(12-30)26-9-13/h3-6,8-12,29H,2,7H2,1H3,(H,27,28). The number of aromatic nitrogens is 3. The number of halogens is 2. The van der Waals surface area contributed by atoms with E-state index in [-0.39, 0.29) is 17.0 Å². The Hall–Kier alpha value is -3.99. The minimum atomic E-state index is -3.86. The topological polar surface area (TPSA) is 122 Å². The van der Waals surface area contributed by atoms with E-state index in [9.17, 15) is 22.4 Å². The Morgan fingerprint density at radius 2 is 1.88 bits per heavy atom. The van der Waals surface area contributed by atoms with Gasteiger partial charge in [-0.1, -0.05) is 13.0 Å². The smallest absolute Gasteiger partial charge is 0.232 e. The zero-order valence-electron chi connectivity index (χ0n) is 17.8. The van der Waals surface area contributed by atoms with Crippen molar-refractivity contribution in [1.29, 1.82) is 0 Å². The Balaban J connectivity index is 1.77. The number of hydrogen-bond acceptors (Lipinski definition) is 6. The third-order valence-electron chi connectivity index (χ3n) is 5.07. The van der Waals surface area contributed by atoms with Crippen molar-refractivity contribution in [1.82, 2.24) is 15.0 Å². The summed E-state index contributed by atoms with van der Waals surface area (Å²) in [6, 6.07) is 6.54. The lowest BCUT2D eigenvalue weighted by molar-refractivity contribution is 0.103. The van der Waals surface area contributed by atoms with Gasteiger partial charge in [-0.25, -0.2) is 22.2 Å². The highest BCUT2D eigenvalue weighted by molar-refractivity contribution is 7.92. The lowest BCUT2D eigenvalue weighted by Gasteiger charge is -2.11. The second-order valence-electron chi connectivity index (χ2n) is 7.45. The van der Waals surface area contributed by atoms with Crippen molar-refractivity contribution in [3.63, 3.8) is 0 Å². The summed E-state index contributed by atoms with van der Waals surface area (Å²) in [5.41, 5.74) is 0.282. The van der Waals surface area contributed by atoms with Gasteiger partial charge in [0.2, 0.25) is 15.8 Å². The van der Waals surface area contributed by atoms with Crippen molar-refractivity contribution in [3.8, 4) is 11.1 Å². The van der Waals surface area contributed by atoms with Crippen molar-refractivity contribution in [2.75, 3.05) is 10.5 Å². The summed E-state index contributed by atoms with van der Waals surface area (Å²) in [6.07, 6.45) is 5.17. The molecule has 0 aliphatic carbocycles. The van der Waals surface area contributed by atoms with Crippen LogP contribution in [0, 0.1) is 11.6 Å². The van der Waals surface area contributed by atoms with Gasteiger partial charge in [-0.15, -0.1) is 0 Å². The van der Waals surface area contributed by atoms with Gasteiger partial charge in [0.05, 0.1) is 17.0 Å². The van der Waals surface area contributed by atoms with E-state index in [2.05, 4.69) is 19.7 Å². The number of nitrogens with zero attached hydrogens (tertiary/aromatic N) is 2. The number of rotatable bonds is 8. The van der Waals surface area contributed by atoms with Crippen molar-refractivity contribution in [2.45, 2.75) is 13.3 Å². The molecule has 3 heterocycles. The van der Waals surface area contributed by atoms with E-state index in [0.717, 1.165) is 12.1 Å². The number of nitrogens with one attached hydrogen (secondary N) is 2. The lowest BCUT2D eigenvalue weighted by Crippen LogP contribution is -2.18. The fourth-order valence-corrected chi connectivity index (χ4v) is 4.59. The molecular weight excluding hydrogens is 466 g/mol. The van der Waals surface area contributed by atoms with Crippen molar-refractivity contribution >= 4 is 38.8 Å². The van der Waals surface area contributed by atoms with Gasteiger partial charge in [-0.3, -0.25) is 19.3 Å². The number of aldehydes is 1. The largest absolute Gasteiger partial charge is 0.345 e. The molecule has 4 rings (SSSR count). The molecule has 1 aromatic carbocycles. The van der Waals surface area contributed by atoms with Gasteiger partial charge in [0.1, 0.15) is 17.2 Å². The Morgan fingerprint density at radius 1 is 1.12 bits per heavy atom. The maximum absolute atomic E-state index is 15.1. The van der Waals surface area contributed by atoms with Gasteiger partial charge in [-0.05, 0) is 30.7 Å². The predicted octanol–water partition coefficient (Wildman–Crippen LogP) is 4.10. The van der Waals surface area contributed by atoms with Crippen LogP contribution >= 0.6 is 0 Å². The van der Waals surface area contributed by atoms with E-state index in [4.69, 9.17) is 0 Å². The Bertz CT molecular complexity index is 1520. The number of carbonyl (C=O) groups excluding carboxylic acids is 2. The fraction of sp³-hybridized carbons (Fsp3) is 0.130. The van der Waals surface area contributed by atoms with Crippen LogP contribution in [0.5, 0.6) is 0 Å². The first-order chi connectivity index (χ1) is 16.2. The Labute approximate surface area is 193 Å². The van der Waals surface area contributed by atoms with Crippen molar-refractivity contribution in [2.24, 2.45) is 0 Å². The van der Waals surface area contributed by atoms with Gasteiger partial charge in [0, 0.05) is 40.7 Å². The van der Waals surface area contributed by atoms with Gasteiger partial charge in [-0.2, -0.15) is 0 Å². The third kappa shape index (κ3) is 4.42. The van der Waals surface area contributed by atoms with Gasteiger partial charge >= 0.3 is 0 Å². The molecule has 2 N–H and O–H groups in total. The number of H-pyrrole nitrogens is 1. The summed E-state index contributed by atoms with van der Waals surface area (Å²) in [4.78, 5) is 35.0. The molecule has 4 aromatic rings. The van der Waals surface area contributed by atoms with E-state index in [1.165, 1.54) is 24.7 Å². The van der Waals surface area contributed by atoms with E-state index < -0.39 is 38.7 Å². The molecule has 8 nitrogen and oxygen atoms in total. The second-order valence-corrected chi connectivity index (χ2v) is 9.29. The molecule has 0 aliphatic rings. The van der Waals surface area contributed by atoms with Crippen LogP contribution in [0.1, 0.15) is 39.8 Å². The van der Waals surface area contributed by atoms with E-state index in [1.54, 1.807) is 19.1 Å². The predicted molar refractivity (Wildman–Crippen MR) is 122 cm³/mol. The number of benzene rings is 1. The molecule has 0 saturated heterocycles. The molecule has 11 heteroatoms. The summed E-state index contributed by atoms with van der Waals surface area (Å²) in [6.45, 7) is 1.64. The first-order valence-electron chi connectivity index (χ1n) is 10.2. The highest BCUT2D eigenvalue weighted by Gasteiger charge is 2.26. The summed E-state index contributed by atoms with van der Waals surface area (Å²) in [5, 5.41) is 0.303. The average molecular weight is 484 g/mol. The fourth-order valence-electron chi connectivity index (χ4n) is 3.46. The summed E-state index contributed by atoms with van der Waals surface area (Å²) in [5.74, 6) is -3.68. The maximum atomic E-state index is 15.1. The molecule has 0 aliphatic heterocycles. The van der Waals surface area contributed by atoms with Crippen LogP contribution in [0.25, 0.3) is 22.2 Å². The number of sulfonamides is 1. The van der Waals surface area contributed by atoms with Crippen LogP contribution < -0.4 is 4.72 Å². The van der Waals surface area contributed by atoms with E-state index in [1.807, 2.05) is 0 Å². The quantitative estimate of drug-likeness (QED) is 0.287. The molecule has 0 unspecified atom stereocenters. The zero-order chi connectivity index (χ0) is 24.5. The minimum absolute atomic E-state index is 0.0480. The highest BCUT2D eigenvalue weighted by atomic mass is 32.2. The molecule has 0 fully saturated rings. The lowest BCUT2D eigenvalue weighted by atomic mass is 10.00. The Kier molecular flexibility index (Phi) is 6.20. The van der Waals surface area contributed by atoms with Crippen LogP contribution in [0.4, 0.5) is 14.5 Å². The number of hydrogen-bond donors (Lipinski definition) is 2. The van der Waals surface area contributed by atoms with E-state index in [0.29, 0.717) is 34.9 Å². The van der Waals surface area contributed by atoms with Crippen LogP contribution in [-0.4, -0.2) is 41.2 Å². The summed E-state index contributed by atoms with van der Waals surface area (Å²) >= 11 is 0. The van der Waals surface area contributed by atoms with Crippen LogP contribution in [-0.2, 0) is 10.0 Å². The number of aromatic amines is 1. The van der Waals surface area contributed by atoms with Crippen LogP contribution in [0.15, 0.2) is 48.9 Å². The second kappa shape index (κ2) is 9.10. The normalized spacial score (nSPS) is 11.5. The molecule has 0 amide bonds. The number of pyridine rings is 2. The first-order valence-corrected chi connectivity index (χ1v) is 11.8. The Morgan fingerprint density at radius 3 is 2.56 bits per heavy atom. The molecule has 0 spiro atoms.